The van der Waals surface area contributed by atoms with Gasteiger partial charge in [-0.1, -0.05) is 48.0 Å². The first kappa shape index (κ1) is 20.9. The number of ether oxygens (including phenoxy) is 1. The summed E-state index contributed by atoms with van der Waals surface area (Å²) < 4.78 is 5.13. The van der Waals surface area contributed by atoms with Crippen molar-refractivity contribution in [2.75, 3.05) is 18.5 Å². The van der Waals surface area contributed by atoms with E-state index in [-0.39, 0.29) is 24.9 Å². The molecule has 7 heteroatoms. The molecule has 6 nitrogen and oxygen atoms in total. The lowest BCUT2D eigenvalue weighted by molar-refractivity contribution is -0.151. The molecule has 2 amide bonds. The standard InChI is InChI=1S/C22H23ClN2O4/c1-14-8-9-19(18(23)10-14)24-20(26)13-29-22(28)17-11-21(27)25(12-17)15(2)16-6-4-3-5-7-16/h3-10,15,17H,11-13H2,1-2H3,(H,24,26)/t15-,17+/m1/s1. The SMILES string of the molecule is Cc1ccc(NC(=O)COC(=O)[C@H]2CC(=O)N([C@H](C)c3ccccc3)C2)c(Cl)c1. The fourth-order valence-electron chi connectivity index (χ4n) is 3.34. The van der Waals surface area contributed by atoms with Crippen LogP contribution in [0.5, 0.6) is 0 Å². The van der Waals surface area contributed by atoms with E-state index in [9.17, 15) is 14.4 Å². The molecule has 2 aromatic carbocycles. The number of amides is 2. The van der Waals surface area contributed by atoms with Crippen LogP contribution < -0.4 is 5.32 Å². The smallest absolute Gasteiger partial charge is 0.311 e. The van der Waals surface area contributed by atoms with Crippen molar-refractivity contribution in [3.63, 3.8) is 0 Å². The number of likely N-dealkylation sites (tertiary alicyclic amines) is 1. The van der Waals surface area contributed by atoms with Gasteiger partial charge in [0.25, 0.3) is 5.91 Å². The number of nitrogens with zero attached hydrogens (tertiary/aromatic N) is 1. The molecule has 152 valence electrons. The Labute approximate surface area is 174 Å². The molecule has 0 radical (unpaired) electrons. The molecule has 0 aliphatic carbocycles. The van der Waals surface area contributed by atoms with Gasteiger partial charge in [-0.15, -0.1) is 0 Å². The van der Waals surface area contributed by atoms with Crippen LogP contribution in [0.4, 0.5) is 5.69 Å². The minimum Gasteiger partial charge on any atom is -0.455 e. The summed E-state index contributed by atoms with van der Waals surface area (Å²) in [7, 11) is 0. The van der Waals surface area contributed by atoms with Gasteiger partial charge < -0.3 is 15.0 Å². The fourth-order valence-corrected chi connectivity index (χ4v) is 3.62. The first-order chi connectivity index (χ1) is 13.8. The number of halogens is 1. The zero-order chi connectivity index (χ0) is 21.0. The molecule has 1 N–H and O–H groups in total. The van der Waals surface area contributed by atoms with E-state index in [4.69, 9.17) is 16.3 Å². The van der Waals surface area contributed by atoms with E-state index in [2.05, 4.69) is 5.32 Å². The highest BCUT2D eigenvalue weighted by atomic mass is 35.5. The first-order valence-electron chi connectivity index (χ1n) is 9.42. The quantitative estimate of drug-likeness (QED) is 0.730. The van der Waals surface area contributed by atoms with E-state index in [1.807, 2.05) is 50.2 Å². The second-order valence-electron chi connectivity index (χ2n) is 7.17. The predicted octanol–water partition coefficient (Wildman–Crippen LogP) is 3.74. The lowest BCUT2D eigenvalue weighted by Gasteiger charge is -2.25. The summed E-state index contributed by atoms with van der Waals surface area (Å²) in [6, 6.07) is 14.7. The molecule has 3 rings (SSSR count). The number of esters is 1. The normalized spacial score (nSPS) is 17.1. The number of rotatable bonds is 6. The van der Waals surface area contributed by atoms with Gasteiger partial charge in [0, 0.05) is 13.0 Å². The molecule has 1 fully saturated rings. The molecule has 1 aliphatic heterocycles. The van der Waals surface area contributed by atoms with Gasteiger partial charge in [-0.05, 0) is 37.1 Å². The number of anilines is 1. The molecule has 2 aromatic rings. The van der Waals surface area contributed by atoms with Crippen LogP contribution in [-0.4, -0.2) is 35.8 Å². The molecule has 1 heterocycles. The number of benzene rings is 2. The molecule has 0 unspecified atom stereocenters. The van der Waals surface area contributed by atoms with E-state index in [0.717, 1.165) is 11.1 Å². The van der Waals surface area contributed by atoms with Gasteiger partial charge in [0.1, 0.15) is 0 Å². The minimum absolute atomic E-state index is 0.0847. The average Bonchev–Trinajstić information content (AvgIpc) is 3.10. The number of carbonyl (C=O) groups excluding carboxylic acids is 3. The van der Waals surface area contributed by atoms with Crippen molar-refractivity contribution >= 4 is 35.1 Å². The van der Waals surface area contributed by atoms with Gasteiger partial charge in [0.05, 0.1) is 22.7 Å². The summed E-state index contributed by atoms with van der Waals surface area (Å²) in [6.07, 6.45) is 0.0847. The molecule has 0 aromatic heterocycles. The molecule has 29 heavy (non-hydrogen) atoms. The maximum atomic E-state index is 12.4. The van der Waals surface area contributed by atoms with Crippen LogP contribution in [0, 0.1) is 12.8 Å². The predicted molar refractivity (Wildman–Crippen MR) is 110 cm³/mol. The van der Waals surface area contributed by atoms with Crippen molar-refractivity contribution in [1.29, 1.82) is 0 Å². The largest absolute Gasteiger partial charge is 0.455 e. The van der Waals surface area contributed by atoms with Gasteiger partial charge in [-0.2, -0.15) is 0 Å². The van der Waals surface area contributed by atoms with E-state index in [1.54, 1.807) is 17.0 Å². The lowest BCUT2D eigenvalue weighted by atomic mass is 10.1. The Morgan fingerprint density at radius 3 is 2.66 bits per heavy atom. The Balaban J connectivity index is 1.52. The molecule has 1 aliphatic rings. The van der Waals surface area contributed by atoms with E-state index in [1.165, 1.54) is 0 Å². The number of nitrogens with one attached hydrogen (secondary N) is 1. The Morgan fingerprint density at radius 1 is 1.24 bits per heavy atom. The molecule has 0 saturated carbocycles. The Hall–Kier alpha value is -2.86. The average molecular weight is 415 g/mol. The number of hydrogen-bond donors (Lipinski definition) is 1. The van der Waals surface area contributed by atoms with Crippen molar-refractivity contribution in [3.05, 3.63) is 64.7 Å². The van der Waals surface area contributed by atoms with Crippen LogP contribution in [0.25, 0.3) is 0 Å². The number of aryl methyl sites for hydroxylation is 1. The highest BCUT2D eigenvalue weighted by Gasteiger charge is 2.38. The topological polar surface area (TPSA) is 75.7 Å². The van der Waals surface area contributed by atoms with E-state index in [0.29, 0.717) is 10.7 Å². The van der Waals surface area contributed by atoms with E-state index >= 15 is 0 Å². The Morgan fingerprint density at radius 2 is 1.97 bits per heavy atom. The van der Waals surface area contributed by atoms with Crippen LogP contribution in [0.1, 0.15) is 30.5 Å². The third kappa shape index (κ3) is 5.15. The van der Waals surface area contributed by atoms with E-state index < -0.39 is 24.4 Å². The van der Waals surface area contributed by atoms with Crippen molar-refractivity contribution in [3.8, 4) is 0 Å². The van der Waals surface area contributed by atoms with Gasteiger partial charge in [-0.3, -0.25) is 14.4 Å². The fraction of sp³-hybridized carbons (Fsp3) is 0.318. The monoisotopic (exact) mass is 414 g/mol. The Bertz CT molecular complexity index is 916. The van der Waals surface area contributed by atoms with Gasteiger partial charge in [0.15, 0.2) is 6.61 Å². The summed E-state index contributed by atoms with van der Waals surface area (Å²) in [5.41, 5.74) is 2.43. The zero-order valence-electron chi connectivity index (χ0n) is 16.4. The Kier molecular flexibility index (Phi) is 6.54. The van der Waals surface area contributed by atoms with Crippen LogP contribution in [-0.2, 0) is 19.1 Å². The summed E-state index contributed by atoms with van der Waals surface area (Å²) in [5, 5.41) is 3.03. The lowest BCUT2D eigenvalue weighted by Crippen LogP contribution is -2.30. The third-order valence-electron chi connectivity index (χ3n) is 4.99. The van der Waals surface area contributed by atoms with Gasteiger partial charge in [-0.25, -0.2) is 0 Å². The number of hydrogen-bond acceptors (Lipinski definition) is 4. The van der Waals surface area contributed by atoms with Gasteiger partial charge in [0.2, 0.25) is 5.91 Å². The number of carbonyl (C=O) groups is 3. The van der Waals surface area contributed by atoms with Crippen molar-refractivity contribution in [1.82, 2.24) is 4.90 Å². The molecule has 0 bridgehead atoms. The van der Waals surface area contributed by atoms with Gasteiger partial charge >= 0.3 is 5.97 Å². The zero-order valence-corrected chi connectivity index (χ0v) is 17.1. The van der Waals surface area contributed by atoms with Crippen molar-refractivity contribution < 1.29 is 19.1 Å². The molecular formula is C22H23ClN2O4. The molecule has 1 saturated heterocycles. The molecule has 0 spiro atoms. The summed E-state index contributed by atoms with van der Waals surface area (Å²) in [6.45, 7) is 3.67. The summed E-state index contributed by atoms with van der Waals surface area (Å²) in [5.74, 6) is -1.71. The minimum atomic E-state index is -0.579. The summed E-state index contributed by atoms with van der Waals surface area (Å²) in [4.78, 5) is 38.5. The summed E-state index contributed by atoms with van der Waals surface area (Å²) >= 11 is 6.09. The van der Waals surface area contributed by atoms with Crippen molar-refractivity contribution in [2.24, 2.45) is 5.92 Å². The highest BCUT2D eigenvalue weighted by molar-refractivity contribution is 6.33. The molecule has 2 atom stereocenters. The highest BCUT2D eigenvalue weighted by Crippen LogP contribution is 2.29. The second kappa shape index (κ2) is 9.09. The van der Waals surface area contributed by atoms with Crippen LogP contribution in [0.2, 0.25) is 5.02 Å². The van der Waals surface area contributed by atoms with Crippen LogP contribution in [0.3, 0.4) is 0 Å². The van der Waals surface area contributed by atoms with Crippen LogP contribution in [0.15, 0.2) is 48.5 Å². The third-order valence-corrected chi connectivity index (χ3v) is 5.30. The van der Waals surface area contributed by atoms with Crippen molar-refractivity contribution in [2.45, 2.75) is 26.3 Å². The maximum absolute atomic E-state index is 12.4. The maximum Gasteiger partial charge on any atom is 0.311 e. The van der Waals surface area contributed by atoms with Crippen LogP contribution >= 0.6 is 11.6 Å². The second-order valence-corrected chi connectivity index (χ2v) is 7.58. The first-order valence-corrected chi connectivity index (χ1v) is 9.80. The molecular weight excluding hydrogens is 392 g/mol.